The van der Waals surface area contributed by atoms with Gasteiger partial charge < -0.3 is 0 Å². The van der Waals surface area contributed by atoms with Crippen molar-refractivity contribution in [2.75, 3.05) is 0 Å². The summed E-state index contributed by atoms with van der Waals surface area (Å²) in [6.07, 6.45) is 0. The van der Waals surface area contributed by atoms with Crippen molar-refractivity contribution >= 4 is 43.1 Å². The maximum atomic E-state index is 9.91. The Bertz CT molecular complexity index is 3330. The molecule has 0 N–H and O–H groups in total. The van der Waals surface area contributed by atoms with Crippen molar-refractivity contribution in [1.29, 1.82) is 0 Å². The van der Waals surface area contributed by atoms with Crippen LogP contribution in [0.25, 0.3) is 87.6 Å². The van der Waals surface area contributed by atoms with E-state index in [1.807, 2.05) is 48.5 Å². The summed E-state index contributed by atoms with van der Waals surface area (Å²) < 4.78 is 127. The molecule has 0 nitrogen and oxygen atoms in total. The highest BCUT2D eigenvalue weighted by molar-refractivity contribution is 6.24. The van der Waals surface area contributed by atoms with Gasteiger partial charge in [0.05, 0.1) is 19.2 Å². The first-order chi connectivity index (χ1) is 28.6. The minimum absolute atomic E-state index is 0.00398. The maximum Gasteiger partial charge on any atom is 0.0636 e. The fourth-order valence-corrected chi connectivity index (χ4v) is 6.20. The third-order valence-electron chi connectivity index (χ3n) is 8.38. The van der Waals surface area contributed by atoms with Crippen LogP contribution in [-0.4, -0.2) is 0 Å². The average Bonchev–Trinajstić information content (AvgIpc) is 3.26. The third-order valence-corrected chi connectivity index (χ3v) is 8.38. The second-order valence-electron chi connectivity index (χ2n) is 11.0. The first-order valence-electron chi connectivity index (χ1n) is 21.8. The topological polar surface area (TPSA) is 0 Å². The van der Waals surface area contributed by atoms with E-state index in [1.165, 1.54) is 0 Å². The van der Waals surface area contributed by atoms with Gasteiger partial charge in [0.25, 0.3) is 0 Å². The lowest BCUT2D eigenvalue weighted by Gasteiger charge is -2.20. The highest BCUT2D eigenvalue weighted by Gasteiger charge is 2.19. The lowest BCUT2D eigenvalue weighted by Crippen LogP contribution is -1.92. The number of rotatable bonds is 4. The van der Waals surface area contributed by atoms with Gasteiger partial charge in [0.2, 0.25) is 0 Å². The lowest BCUT2D eigenvalue weighted by molar-refractivity contribution is 1.62. The van der Waals surface area contributed by atoms with Gasteiger partial charge in [-0.1, -0.05) is 170 Å². The molecule has 0 atom stereocenters. The maximum absolute atomic E-state index is 9.91. The van der Waals surface area contributed by atoms with Crippen LogP contribution in [0, 0.1) is 0 Å². The highest BCUT2D eigenvalue weighted by atomic mass is 14.2. The Hall–Kier alpha value is -5.98. The fourth-order valence-electron chi connectivity index (χ4n) is 6.20. The Labute approximate surface area is 288 Å². The van der Waals surface area contributed by atoms with Crippen molar-refractivity contribution in [2.24, 2.45) is 0 Å². The zero-order valence-corrected chi connectivity index (χ0v) is 24.2. The Morgan fingerprint density at radius 3 is 1.76 bits per heavy atom. The van der Waals surface area contributed by atoms with E-state index in [0.717, 1.165) is 21.9 Å². The van der Waals surface area contributed by atoms with Crippen molar-refractivity contribution < 1.29 is 19.2 Å². The second-order valence-corrected chi connectivity index (χ2v) is 11.0. The average molecular weight is 597 g/mol. The summed E-state index contributed by atoms with van der Waals surface area (Å²) in [5.41, 5.74) is 2.16. The van der Waals surface area contributed by atoms with Crippen LogP contribution >= 0.6 is 0 Å². The molecule has 0 amide bonds. The van der Waals surface area contributed by atoms with Gasteiger partial charge in [0.1, 0.15) is 0 Å². The van der Waals surface area contributed by atoms with Crippen LogP contribution in [0.1, 0.15) is 19.2 Å². The van der Waals surface area contributed by atoms with E-state index >= 15 is 0 Å². The highest BCUT2D eigenvalue weighted by Crippen LogP contribution is 2.46. The molecule has 0 aliphatic heterocycles. The Morgan fingerprint density at radius 2 is 0.935 bits per heavy atom. The molecule has 9 aromatic rings. The molecule has 0 saturated heterocycles. The first kappa shape index (κ1) is 15.8. The second kappa shape index (κ2) is 10.9. The van der Waals surface area contributed by atoms with E-state index in [-0.39, 0.29) is 55.2 Å². The summed E-state index contributed by atoms with van der Waals surface area (Å²) in [4.78, 5) is 0. The van der Waals surface area contributed by atoms with Gasteiger partial charge in [-0.2, -0.15) is 0 Å². The molecule has 0 radical (unpaired) electrons. The van der Waals surface area contributed by atoms with Crippen LogP contribution in [-0.2, 0) is 0 Å². The Kier molecular flexibility index (Phi) is 3.74. The van der Waals surface area contributed by atoms with Gasteiger partial charge in [0, 0.05) is 0 Å². The zero-order chi connectivity index (χ0) is 42.6. The molecular formula is C46H30. The van der Waals surface area contributed by atoms with Gasteiger partial charge in [0.15, 0.2) is 0 Å². The molecule has 0 bridgehead atoms. The van der Waals surface area contributed by atoms with Crippen LogP contribution < -0.4 is 0 Å². The van der Waals surface area contributed by atoms with Crippen molar-refractivity contribution in [3.8, 4) is 44.5 Å². The molecule has 0 aliphatic rings. The van der Waals surface area contributed by atoms with Crippen LogP contribution in [0.3, 0.4) is 0 Å². The Morgan fingerprint density at radius 1 is 0.326 bits per heavy atom. The molecule has 0 heteroatoms. The summed E-state index contributed by atoms with van der Waals surface area (Å²) in [6, 6.07) is 21.5. The number of hydrogen-bond donors (Lipinski definition) is 0. The van der Waals surface area contributed by atoms with E-state index in [2.05, 4.69) is 6.07 Å². The molecule has 214 valence electrons. The summed E-state index contributed by atoms with van der Waals surface area (Å²) in [6.45, 7) is 0. The minimum Gasteiger partial charge on any atom is -0.0622 e. The monoisotopic (exact) mass is 596 g/mol. The molecule has 0 spiro atoms. The quantitative estimate of drug-likeness (QED) is 0.177. The summed E-state index contributed by atoms with van der Waals surface area (Å²) in [7, 11) is 0. The first-order valence-corrected chi connectivity index (χ1v) is 14.8. The smallest absolute Gasteiger partial charge is 0.0622 e. The van der Waals surface area contributed by atoms with E-state index < -0.39 is 83.9 Å². The molecule has 46 heavy (non-hydrogen) atoms. The summed E-state index contributed by atoms with van der Waals surface area (Å²) >= 11 is 0. The van der Waals surface area contributed by atoms with Crippen LogP contribution in [0.5, 0.6) is 0 Å². The minimum atomic E-state index is -0.720. The fraction of sp³-hybridized carbons (Fsp3) is 0. The standard InChI is InChI=1S/C46H30/c1-2-11-31(12-3-1)38-27-28-43-44(30-38)45(35-24-21-33(22-25-35)37-26-23-32-13-4-5-15-36(32)29-37)41-18-8-9-19-42(41)46(43)40-20-10-16-34-14-6-7-17-39(34)40/h1-30H/i6D,7D,8D,9D,10D,14D,16D,17D,18D,19D,20D,27D,28D,30D. The van der Waals surface area contributed by atoms with Gasteiger partial charge in [-0.3, -0.25) is 0 Å². The molecule has 0 aromatic heterocycles. The zero-order valence-electron chi connectivity index (χ0n) is 38.2. The molecule has 9 rings (SSSR count). The molecule has 0 heterocycles. The van der Waals surface area contributed by atoms with E-state index in [1.54, 1.807) is 42.5 Å². The summed E-state index contributed by atoms with van der Waals surface area (Å²) in [5.74, 6) is 0. The van der Waals surface area contributed by atoms with E-state index in [0.29, 0.717) is 11.1 Å². The largest absolute Gasteiger partial charge is 0.0636 e. The SMILES string of the molecule is [2H]c1c([2H])c([2H])c2c(-c3c4c([2H])c([2H])c([2H])c([2H])c4c(-c4ccc(-c5ccc6ccccc6c5)cc4)c4c([2H])c(-c5ccccc5)c([2H])c([2H])c34)c([2H])c([2H])c([2H])c2c1[2H]. The van der Waals surface area contributed by atoms with Gasteiger partial charge >= 0.3 is 0 Å². The van der Waals surface area contributed by atoms with Crippen molar-refractivity contribution in [2.45, 2.75) is 0 Å². The van der Waals surface area contributed by atoms with Crippen LogP contribution in [0.2, 0.25) is 0 Å². The summed E-state index contributed by atoms with van der Waals surface area (Å²) in [5, 5.41) is 0.825. The Balaban J connectivity index is 1.54. The number of hydrogen-bond acceptors (Lipinski definition) is 0. The number of fused-ring (bicyclic) bond motifs is 4. The molecule has 0 saturated carbocycles. The predicted octanol–water partition coefficient (Wildman–Crippen LogP) is 13.0. The van der Waals surface area contributed by atoms with E-state index in [9.17, 15) is 8.22 Å². The van der Waals surface area contributed by atoms with Gasteiger partial charge in [-0.15, -0.1) is 0 Å². The molecule has 0 unspecified atom stereocenters. The normalized spacial score (nSPS) is 15.7. The van der Waals surface area contributed by atoms with Crippen molar-refractivity contribution in [3.63, 3.8) is 0 Å². The van der Waals surface area contributed by atoms with Crippen LogP contribution in [0.15, 0.2) is 182 Å². The van der Waals surface area contributed by atoms with Gasteiger partial charge in [-0.25, -0.2) is 0 Å². The third kappa shape index (κ3) is 4.38. The van der Waals surface area contributed by atoms with Crippen molar-refractivity contribution in [1.82, 2.24) is 0 Å². The number of benzene rings is 9. The molecule has 0 fully saturated rings. The lowest BCUT2D eigenvalue weighted by atomic mass is 9.83. The molecule has 9 aromatic carbocycles. The van der Waals surface area contributed by atoms with Crippen molar-refractivity contribution in [3.05, 3.63) is 182 Å². The van der Waals surface area contributed by atoms with Gasteiger partial charge in [-0.05, 0) is 99.7 Å². The van der Waals surface area contributed by atoms with E-state index in [4.69, 9.17) is 11.0 Å². The predicted molar refractivity (Wildman–Crippen MR) is 198 cm³/mol. The van der Waals surface area contributed by atoms with Crippen LogP contribution in [0.4, 0.5) is 0 Å². The molecule has 0 aliphatic carbocycles. The molecular weight excluding hydrogens is 553 g/mol.